The van der Waals surface area contributed by atoms with Crippen molar-refractivity contribution in [3.63, 3.8) is 0 Å². The molecule has 2 aromatic carbocycles. The van der Waals surface area contributed by atoms with E-state index in [0.29, 0.717) is 28.4 Å². The second kappa shape index (κ2) is 8.08. The van der Waals surface area contributed by atoms with E-state index >= 15 is 0 Å². The summed E-state index contributed by atoms with van der Waals surface area (Å²) in [7, 11) is 0. The van der Waals surface area contributed by atoms with E-state index in [1.165, 1.54) is 0 Å². The van der Waals surface area contributed by atoms with E-state index in [4.69, 9.17) is 10.5 Å². The van der Waals surface area contributed by atoms with Gasteiger partial charge in [0.25, 0.3) is 11.8 Å². The first-order valence-corrected chi connectivity index (χ1v) is 9.50. The van der Waals surface area contributed by atoms with E-state index in [9.17, 15) is 9.59 Å². The fourth-order valence-corrected chi connectivity index (χ4v) is 3.15. The number of nitrogens with one attached hydrogen (secondary N) is 1. The number of imidazole rings is 1. The van der Waals surface area contributed by atoms with E-state index in [1.807, 2.05) is 22.6 Å². The number of hydrogen-bond donors (Lipinski definition) is 2. The van der Waals surface area contributed by atoms with E-state index in [2.05, 4.69) is 17.2 Å². The average Bonchev–Trinajstić information content (AvgIpc) is 3.20. The van der Waals surface area contributed by atoms with Crippen molar-refractivity contribution in [1.29, 1.82) is 0 Å². The lowest BCUT2D eigenvalue weighted by atomic mass is 10.2. The number of benzene rings is 2. The molecule has 0 unspecified atom stereocenters. The Morgan fingerprint density at radius 2 is 1.80 bits per heavy atom. The number of carbonyl (C=O) groups excluding carboxylic acids is 2. The number of carbonyl (C=O) groups is 2. The van der Waals surface area contributed by atoms with Gasteiger partial charge in [-0.3, -0.25) is 9.59 Å². The lowest BCUT2D eigenvalue weighted by Gasteiger charge is -2.10. The van der Waals surface area contributed by atoms with Crippen molar-refractivity contribution in [3.05, 3.63) is 89.9 Å². The zero-order chi connectivity index (χ0) is 21.1. The number of primary amides is 1. The summed E-state index contributed by atoms with van der Waals surface area (Å²) in [5.41, 5.74) is 8.43. The molecular weight excluding hydrogens is 380 g/mol. The fourth-order valence-electron chi connectivity index (χ4n) is 3.15. The number of ether oxygens (including phenoxy) is 1. The Bertz CT molecular complexity index is 1230. The number of pyridine rings is 1. The summed E-state index contributed by atoms with van der Waals surface area (Å²) in [6.07, 6.45) is 2.58. The molecule has 0 atom stereocenters. The Kier molecular flexibility index (Phi) is 5.17. The SMILES string of the molecule is CCc1cccc2nc(C(=O)Nc3ccc(Oc4ccccc4C(N)=O)cc3)cn12. The number of anilines is 1. The molecule has 2 amide bonds. The lowest BCUT2D eigenvalue weighted by molar-refractivity contribution is 0.0995. The highest BCUT2D eigenvalue weighted by Crippen LogP contribution is 2.26. The Morgan fingerprint density at radius 3 is 2.53 bits per heavy atom. The molecule has 0 radical (unpaired) electrons. The standard InChI is InChI=1S/C23H20N4O3/c1-2-16-6-5-9-21-26-19(14-27(16)21)23(29)25-15-10-12-17(13-11-15)30-20-8-4-3-7-18(20)22(24)28/h3-14H,2H2,1H3,(H2,24,28)(H,25,29). The molecule has 30 heavy (non-hydrogen) atoms. The number of rotatable bonds is 6. The first kappa shape index (κ1) is 19.2. The number of fused-ring (bicyclic) bond motifs is 1. The normalized spacial score (nSPS) is 10.7. The quantitative estimate of drug-likeness (QED) is 0.510. The maximum Gasteiger partial charge on any atom is 0.275 e. The predicted octanol–water partition coefficient (Wildman–Crippen LogP) is 4.04. The zero-order valence-electron chi connectivity index (χ0n) is 16.3. The molecule has 0 fully saturated rings. The summed E-state index contributed by atoms with van der Waals surface area (Å²) in [6.45, 7) is 2.06. The molecule has 3 N–H and O–H groups in total. The zero-order valence-corrected chi connectivity index (χ0v) is 16.3. The number of para-hydroxylation sites is 1. The maximum absolute atomic E-state index is 12.6. The van der Waals surface area contributed by atoms with Gasteiger partial charge in [0.1, 0.15) is 22.8 Å². The molecule has 0 aliphatic rings. The van der Waals surface area contributed by atoms with Gasteiger partial charge in [0.05, 0.1) is 5.56 Å². The minimum absolute atomic E-state index is 0.298. The molecule has 7 heteroatoms. The van der Waals surface area contributed by atoms with Crippen molar-refractivity contribution in [2.45, 2.75) is 13.3 Å². The van der Waals surface area contributed by atoms with E-state index < -0.39 is 5.91 Å². The van der Waals surface area contributed by atoms with Crippen LogP contribution in [-0.2, 0) is 6.42 Å². The highest BCUT2D eigenvalue weighted by atomic mass is 16.5. The summed E-state index contributed by atoms with van der Waals surface area (Å²) < 4.78 is 7.67. The van der Waals surface area contributed by atoms with E-state index in [1.54, 1.807) is 54.7 Å². The lowest BCUT2D eigenvalue weighted by Crippen LogP contribution is -2.12. The van der Waals surface area contributed by atoms with Gasteiger partial charge >= 0.3 is 0 Å². The van der Waals surface area contributed by atoms with Crippen LogP contribution >= 0.6 is 0 Å². The predicted molar refractivity (Wildman–Crippen MR) is 114 cm³/mol. The molecule has 4 rings (SSSR count). The molecule has 0 saturated carbocycles. The van der Waals surface area contributed by atoms with Crippen LogP contribution in [-0.4, -0.2) is 21.2 Å². The van der Waals surface area contributed by atoms with Crippen molar-refractivity contribution >= 4 is 23.1 Å². The summed E-state index contributed by atoms with van der Waals surface area (Å²) in [6, 6.07) is 19.4. The van der Waals surface area contributed by atoms with E-state index in [-0.39, 0.29) is 5.91 Å². The van der Waals surface area contributed by atoms with Crippen LogP contribution < -0.4 is 15.8 Å². The Labute approximate surface area is 173 Å². The molecule has 0 spiro atoms. The van der Waals surface area contributed by atoms with Crippen molar-refractivity contribution in [1.82, 2.24) is 9.38 Å². The largest absolute Gasteiger partial charge is 0.457 e. The first-order valence-electron chi connectivity index (χ1n) is 9.50. The number of nitrogens with zero attached hydrogens (tertiary/aromatic N) is 2. The Hall–Kier alpha value is -4.13. The molecule has 2 aromatic heterocycles. The van der Waals surface area contributed by atoms with Crippen LogP contribution in [0, 0.1) is 0 Å². The molecule has 2 heterocycles. The number of aryl methyl sites for hydroxylation is 1. The van der Waals surface area contributed by atoms with Crippen LogP contribution in [0.25, 0.3) is 5.65 Å². The first-order chi connectivity index (χ1) is 14.5. The second-order valence-corrected chi connectivity index (χ2v) is 6.67. The van der Waals surface area contributed by atoms with Gasteiger partial charge in [-0.25, -0.2) is 4.98 Å². The van der Waals surface area contributed by atoms with Gasteiger partial charge in [-0.2, -0.15) is 0 Å². The van der Waals surface area contributed by atoms with Crippen LogP contribution in [0.4, 0.5) is 5.69 Å². The molecule has 7 nitrogen and oxygen atoms in total. The molecule has 0 saturated heterocycles. The van der Waals surface area contributed by atoms with Crippen LogP contribution in [0.5, 0.6) is 11.5 Å². The number of hydrogen-bond acceptors (Lipinski definition) is 4. The third-order valence-corrected chi connectivity index (χ3v) is 4.66. The second-order valence-electron chi connectivity index (χ2n) is 6.67. The van der Waals surface area contributed by atoms with Crippen molar-refractivity contribution in [2.24, 2.45) is 5.73 Å². The number of nitrogens with two attached hydrogens (primary N) is 1. The van der Waals surface area contributed by atoms with Gasteiger partial charge in [0.2, 0.25) is 0 Å². The summed E-state index contributed by atoms with van der Waals surface area (Å²) in [5, 5.41) is 2.83. The molecule has 0 bridgehead atoms. The smallest absolute Gasteiger partial charge is 0.275 e. The summed E-state index contributed by atoms with van der Waals surface area (Å²) >= 11 is 0. The van der Waals surface area contributed by atoms with Crippen LogP contribution in [0.2, 0.25) is 0 Å². The Morgan fingerprint density at radius 1 is 1.03 bits per heavy atom. The number of aromatic nitrogens is 2. The van der Waals surface area contributed by atoms with Gasteiger partial charge in [0, 0.05) is 17.6 Å². The maximum atomic E-state index is 12.6. The van der Waals surface area contributed by atoms with Gasteiger partial charge in [-0.15, -0.1) is 0 Å². The van der Waals surface area contributed by atoms with Gasteiger partial charge in [-0.05, 0) is 55.0 Å². The molecular formula is C23H20N4O3. The summed E-state index contributed by atoms with van der Waals surface area (Å²) in [5.74, 6) is 0.0295. The minimum Gasteiger partial charge on any atom is -0.457 e. The van der Waals surface area contributed by atoms with Crippen LogP contribution in [0.1, 0.15) is 33.5 Å². The topological polar surface area (TPSA) is 98.7 Å². The average molecular weight is 400 g/mol. The van der Waals surface area contributed by atoms with Gasteiger partial charge in [-0.1, -0.05) is 25.1 Å². The molecule has 150 valence electrons. The molecule has 4 aromatic rings. The minimum atomic E-state index is -0.562. The van der Waals surface area contributed by atoms with Crippen LogP contribution in [0.3, 0.4) is 0 Å². The van der Waals surface area contributed by atoms with Gasteiger partial charge < -0.3 is 20.2 Å². The van der Waals surface area contributed by atoms with Crippen molar-refractivity contribution < 1.29 is 14.3 Å². The highest BCUT2D eigenvalue weighted by Gasteiger charge is 2.13. The summed E-state index contributed by atoms with van der Waals surface area (Å²) in [4.78, 5) is 28.5. The van der Waals surface area contributed by atoms with Gasteiger partial charge in [0.15, 0.2) is 0 Å². The van der Waals surface area contributed by atoms with E-state index in [0.717, 1.165) is 17.8 Å². The third-order valence-electron chi connectivity index (χ3n) is 4.66. The molecule has 0 aliphatic carbocycles. The third kappa shape index (κ3) is 3.86. The monoisotopic (exact) mass is 400 g/mol. The molecule has 0 aliphatic heterocycles. The van der Waals surface area contributed by atoms with Crippen molar-refractivity contribution in [3.8, 4) is 11.5 Å². The van der Waals surface area contributed by atoms with Crippen molar-refractivity contribution in [2.75, 3.05) is 5.32 Å². The number of amides is 2. The Balaban J connectivity index is 1.49. The fraction of sp³-hybridized carbons (Fsp3) is 0.0870. The van der Waals surface area contributed by atoms with Crippen LogP contribution in [0.15, 0.2) is 72.9 Å². The highest BCUT2D eigenvalue weighted by molar-refractivity contribution is 6.03.